The highest BCUT2D eigenvalue weighted by Gasteiger charge is 2.52. The third-order valence-electron chi connectivity index (χ3n) is 6.00. The third-order valence-corrected chi connectivity index (χ3v) is 6.00. The van der Waals surface area contributed by atoms with Crippen LogP contribution in [0, 0.1) is 0 Å². The molecule has 0 spiro atoms. The quantitative estimate of drug-likeness (QED) is 0.789. The maximum atomic E-state index is 12.3. The second kappa shape index (κ2) is 5.68. The van der Waals surface area contributed by atoms with E-state index in [2.05, 4.69) is 32.8 Å². The molecule has 1 aliphatic heterocycles. The molecule has 1 aromatic heterocycles. The maximum Gasteiger partial charge on any atom is 0.495 e. The van der Waals surface area contributed by atoms with Gasteiger partial charge in [-0.15, -0.1) is 0 Å². The molecule has 6 heteroatoms. The second-order valence-corrected chi connectivity index (χ2v) is 8.19. The number of ketones is 1. The molecule has 1 saturated heterocycles. The van der Waals surface area contributed by atoms with Crippen LogP contribution in [0.4, 0.5) is 0 Å². The average molecular weight is 340 g/mol. The summed E-state index contributed by atoms with van der Waals surface area (Å²) in [5.41, 5.74) is 1.20. The standard InChI is InChI=1S/C19H25BN2O3/c1-18(2)19(3,4)25-20(24-18)14-8-7-10-15-13(14)12-21-22(15)16-9-5-6-11-17(16)23/h7-8,10,12,16H,5-6,9,11H2,1-4H3. The van der Waals surface area contributed by atoms with Gasteiger partial charge in [0.15, 0.2) is 5.78 Å². The van der Waals surface area contributed by atoms with Gasteiger partial charge in [0.25, 0.3) is 0 Å². The highest BCUT2D eigenvalue weighted by atomic mass is 16.7. The Balaban J connectivity index is 1.74. The summed E-state index contributed by atoms with van der Waals surface area (Å²) in [6.07, 6.45) is 5.44. The Hall–Kier alpha value is -1.66. The Bertz CT molecular complexity index is 811. The molecule has 4 rings (SSSR count). The van der Waals surface area contributed by atoms with E-state index in [-0.39, 0.29) is 23.0 Å². The zero-order chi connectivity index (χ0) is 17.8. The van der Waals surface area contributed by atoms with Gasteiger partial charge < -0.3 is 9.31 Å². The van der Waals surface area contributed by atoms with Crippen molar-refractivity contribution in [3.63, 3.8) is 0 Å². The maximum absolute atomic E-state index is 12.3. The summed E-state index contributed by atoms with van der Waals surface area (Å²) >= 11 is 0. The third kappa shape index (κ3) is 2.63. The van der Waals surface area contributed by atoms with E-state index >= 15 is 0 Å². The molecule has 1 aliphatic carbocycles. The number of benzene rings is 1. The van der Waals surface area contributed by atoms with Crippen molar-refractivity contribution >= 4 is 29.3 Å². The minimum Gasteiger partial charge on any atom is -0.399 e. The Labute approximate surface area is 148 Å². The molecule has 0 bridgehead atoms. The summed E-state index contributed by atoms with van der Waals surface area (Å²) in [6.45, 7) is 8.21. The lowest BCUT2D eigenvalue weighted by molar-refractivity contribution is -0.124. The van der Waals surface area contributed by atoms with E-state index < -0.39 is 7.12 Å². The highest BCUT2D eigenvalue weighted by Crippen LogP contribution is 2.37. The summed E-state index contributed by atoms with van der Waals surface area (Å²) in [5.74, 6) is 0.289. The lowest BCUT2D eigenvalue weighted by Gasteiger charge is -2.32. The van der Waals surface area contributed by atoms with E-state index in [9.17, 15) is 4.79 Å². The summed E-state index contributed by atoms with van der Waals surface area (Å²) < 4.78 is 14.3. The van der Waals surface area contributed by atoms with E-state index in [0.717, 1.165) is 35.6 Å². The van der Waals surface area contributed by atoms with Crippen molar-refractivity contribution in [3.05, 3.63) is 24.4 Å². The molecule has 0 amide bonds. The molecule has 2 fully saturated rings. The molecule has 1 aromatic carbocycles. The molecular formula is C19H25BN2O3. The molecule has 2 aliphatic rings. The molecule has 132 valence electrons. The fourth-order valence-corrected chi connectivity index (χ4v) is 3.74. The van der Waals surface area contributed by atoms with Crippen LogP contribution in [-0.4, -0.2) is 33.9 Å². The molecular weight excluding hydrogens is 315 g/mol. The number of aromatic nitrogens is 2. The van der Waals surface area contributed by atoms with Crippen LogP contribution in [0.15, 0.2) is 24.4 Å². The number of rotatable bonds is 2. The highest BCUT2D eigenvalue weighted by molar-refractivity contribution is 6.65. The van der Waals surface area contributed by atoms with Gasteiger partial charge in [-0.05, 0) is 52.1 Å². The Morgan fingerprint density at radius 3 is 2.56 bits per heavy atom. The molecule has 1 unspecified atom stereocenters. The van der Waals surface area contributed by atoms with Crippen LogP contribution in [0.5, 0.6) is 0 Å². The lowest BCUT2D eigenvalue weighted by Crippen LogP contribution is -2.41. The first-order valence-corrected chi connectivity index (χ1v) is 9.15. The van der Waals surface area contributed by atoms with E-state index in [1.165, 1.54) is 0 Å². The minimum atomic E-state index is -0.423. The van der Waals surface area contributed by atoms with Crippen molar-refractivity contribution < 1.29 is 14.1 Å². The largest absolute Gasteiger partial charge is 0.495 e. The Kier molecular flexibility index (Phi) is 3.81. The fraction of sp³-hybridized carbons (Fsp3) is 0.579. The summed E-state index contributed by atoms with van der Waals surface area (Å²) in [6, 6.07) is 5.91. The molecule has 2 heterocycles. The first-order chi connectivity index (χ1) is 11.8. The molecule has 25 heavy (non-hydrogen) atoms. The number of carbonyl (C=O) groups excluding carboxylic acids is 1. The van der Waals surface area contributed by atoms with Crippen molar-refractivity contribution in [3.8, 4) is 0 Å². The number of hydrogen-bond donors (Lipinski definition) is 0. The van der Waals surface area contributed by atoms with Crippen LogP contribution in [-0.2, 0) is 14.1 Å². The molecule has 0 radical (unpaired) electrons. The van der Waals surface area contributed by atoms with E-state index in [1.54, 1.807) is 0 Å². The van der Waals surface area contributed by atoms with Crippen LogP contribution < -0.4 is 5.46 Å². The predicted octanol–water partition coefficient (Wildman–Crippen LogP) is 3.02. The molecule has 1 atom stereocenters. The summed E-state index contributed by atoms with van der Waals surface area (Å²) in [4.78, 5) is 12.3. The van der Waals surface area contributed by atoms with Crippen LogP contribution in [0.2, 0.25) is 0 Å². The van der Waals surface area contributed by atoms with Gasteiger partial charge in [0.05, 0.1) is 22.9 Å². The normalized spacial score (nSPS) is 25.7. The summed E-state index contributed by atoms with van der Waals surface area (Å²) in [7, 11) is -0.423. The zero-order valence-electron chi connectivity index (χ0n) is 15.4. The minimum absolute atomic E-state index is 0.139. The molecule has 2 aromatic rings. The number of fused-ring (bicyclic) bond motifs is 1. The Morgan fingerprint density at radius 1 is 1.16 bits per heavy atom. The number of nitrogens with zero attached hydrogens (tertiary/aromatic N) is 2. The van der Waals surface area contributed by atoms with Crippen molar-refractivity contribution in [2.45, 2.75) is 70.6 Å². The summed E-state index contributed by atoms with van der Waals surface area (Å²) in [5, 5.41) is 5.56. The van der Waals surface area contributed by atoms with Crippen molar-refractivity contribution in [2.24, 2.45) is 0 Å². The lowest BCUT2D eigenvalue weighted by atomic mass is 9.77. The number of carbonyl (C=O) groups is 1. The van der Waals surface area contributed by atoms with Gasteiger partial charge in [0.1, 0.15) is 6.04 Å². The van der Waals surface area contributed by atoms with Gasteiger partial charge in [-0.2, -0.15) is 5.10 Å². The first kappa shape index (κ1) is 16.8. The van der Waals surface area contributed by atoms with Crippen molar-refractivity contribution in [2.75, 3.05) is 0 Å². The Morgan fingerprint density at radius 2 is 1.88 bits per heavy atom. The van der Waals surface area contributed by atoms with Gasteiger partial charge in [-0.25, -0.2) is 0 Å². The van der Waals surface area contributed by atoms with Gasteiger partial charge in [-0.3, -0.25) is 9.48 Å². The van der Waals surface area contributed by atoms with E-state index in [4.69, 9.17) is 9.31 Å². The van der Waals surface area contributed by atoms with Crippen molar-refractivity contribution in [1.82, 2.24) is 9.78 Å². The fourth-order valence-electron chi connectivity index (χ4n) is 3.74. The first-order valence-electron chi connectivity index (χ1n) is 9.15. The molecule has 0 N–H and O–H groups in total. The van der Waals surface area contributed by atoms with Gasteiger partial charge in [-0.1, -0.05) is 18.6 Å². The van der Waals surface area contributed by atoms with E-state index in [0.29, 0.717) is 6.42 Å². The second-order valence-electron chi connectivity index (χ2n) is 8.19. The monoisotopic (exact) mass is 340 g/mol. The molecule has 1 saturated carbocycles. The van der Waals surface area contributed by atoms with Gasteiger partial charge >= 0.3 is 7.12 Å². The molecule has 5 nitrogen and oxygen atoms in total. The zero-order valence-corrected chi connectivity index (χ0v) is 15.4. The van der Waals surface area contributed by atoms with Gasteiger partial charge in [0.2, 0.25) is 0 Å². The van der Waals surface area contributed by atoms with Crippen LogP contribution >= 0.6 is 0 Å². The predicted molar refractivity (Wildman–Crippen MR) is 98.0 cm³/mol. The van der Waals surface area contributed by atoms with Crippen LogP contribution in [0.1, 0.15) is 59.4 Å². The smallest absolute Gasteiger partial charge is 0.399 e. The van der Waals surface area contributed by atoms with Crippen LogP contribution in [0.3, 0.4) is 0 Å². The topological polar surface area (TPSA) is 53.4 Å². The van der Waals surface area contributed by atoms with Crippen LogP contribution in [0.25, 0.3) is 10.9 Å². The van der Waals surface area contributed by atoms with Crippen molar-refractivity contribution in [1.29, 1.82) is 0 Å². The number of hydrogen-bond acceptors (Lipinski definition) is 4. The van der Waals surface area contributed by atoms with E-state index in [1.807, 2.05) is 29.1 Å². The SMILES string of the molecule is CC1(C)OB(c2cccc3c2cnn3C2CCCCC2=O)OC1(C)C. The number of Topliss-reactive ketones (excluding diaryl/α,β-unsaturated/α-hetero) is 1. The average Bonchev–Trinajstić information content (AvgIpc) is 3.06. The van der Waals surface area contributed by atoms with Gasteiger partial charge in [0, 0.05) is 11.8 Å².